The van der Waals surface area contributed by atoms with Gasteiger partial charge in [-0.05, 0) is 17.7 Å². The lowest BCUT2D eigenvalue weighted by Crippen LogP contribution is -2.31. The van der Waals surface area contributed by atoms with Gasteiger partial charge in [0.2, 0.25) is 0 Å². The van der Waals surface area contributed by atoms with Crippen molar-refractivity contribution in [2.24, 2.45) is 7.05 Å². The number of aryl methyl sites for hydroxylation is 1. The van der Waals surface area contributed by atoms with E-state index in [0.717, 1.165) is 5.56 Å². The molecule has 1 amide bonds. The lowest BCUT2D eigenvalue weighted by molar-refractivity contribution is 0.102. The first-order chi connectivity index (χ1) is 14.6. The van der Waals surface area contributed by atoms with Crippen LogP contribution in [0.1, 0.15) is 10.4 Å². The van der Waals surface area contributed by atoms with Crippen LogP contribution in [-0.4, -0.2) is 20.7 Å². The highest BCUT2D eigenvalue weighted by Gasteiger charge is 2.24. The molecular weight excluding hydrogens is 400 g/mol. The number of nitrogens with one attached hydrogen (secondary N) is 1. The summed E-state index contributed by atoms with van der Waals surface area (Å²) in [6.07, 6.45) is 1.52. The largest absolute Gasteiger partial charge is 0.319 e. The van der Waals surface area contributed by atoms with Crippen LogP contribution in [0.15, 0.2) is 83.8 Å². The highest BCUT2D eigenvalue weighted by Crippen LogP contribution is 2.32. The molecule has 0 radical (unpaired) electrons. The zero-order valence-corrected chi connectivity index (χ0v) is 16.8. The third-order valence-corrected chi connectivity index (χ3v) is 4.89. The summed E-state index contributed by atoms with van der Waals surface area (Å²) in [5, 5.41) is 7.32. The van der Waals surface area contributed by atoms with Crippen molar-refractivity contribution in [3.05, 3.63) is 100 Å². The van der Waals surface area contributed by atoms with E-state index in [1.54, 1.807) is 12.1 Å². The Morgan fingerprint density at radius 3 is 2.20 bits per heavy atom. The maximum absolute atomic E-state index is 13.3. The van der Waals surface area contributed by atoms with Gasteiger partial charge in [0.25, 0.3) is 11.5 Å². The summed E-state index contributed by atoms with van der Waals surface area (Å²) in [4.78, 5) is 30.3. The Kier molecular flexibility index (Phi) is 5.41. The van der Waals surface area contributed by atoms with Crippen LogP contribution in [0.4, 0.5) is 5.69 Å². The van der Waals surface area contributed by atoms with Gasteiger partial charge in [0, 0.05) is 24.4 Å². The van der Waals surface area contributed by atoms with Gasteiger partial charge < -0.3 is 5.32 Å². The second kappa shape index (κ2) is 8.31. The third kappa shape index (κ3) is 3.73. The highest BCUT2D eigenvalue weighted by atomic mass is 35.5. The van der Waals surface area contributed by atoms with Crippen molar-refractivity contribution < 1.29 is 4.79 Å². The van der Waals surface area contributed by atoms with Crippen LogP contribution in [0, 0.1) is 0 Å². The lowest BCUT2D eigenvalue weighted by atomic mass is 9.95. The molecule has 0 fully saturated rings. The van der Waals surface area contributed by atoms with Crippen LogP contribution in [0.5, 0.6) is 0 Å². The molecule has 0 saturated heterocycles. The average molecular weight is 417 g/mol. The summed E-state index contributed by atoms with van der Waals surface area (Å²) < 4.78 is 1.18. The molecule has 0 saturated carbocycles. The molecule has 4 rings (SSSR count). The van der Waals surface area contributed by atoms with Crippen LogP contribution in [0.25, 0.3) is 22.4 Å². The molecule has 0 bridgehead atoms. The standard InChI is InChI=1S/C23H17ClN4O2/c1-28-23(30)19(22(29)26-17-13-8-14-25-21(17)24)18(15-9-4-2-5-10-15)20(27-28)16-11-6-3-7-12-16/h2-14H,1H3,(H,26,29). The molecule has 0 aliphatic heterocycles. The topological polar surface area (TPSA) is 76.9 Å². The Labute approximate surface area is 177 Å². The predicted octanol–water partition coefficient (Wildman–Crippen LogP) is 4.42. The molecule has 4 aromatic rings. The molecule has 2 aromatic heterocycles. The number of carbonyl (C=O) groups excluding carboxylic acids is 1. The van der Waals surface area contributed by atoms with Gasteiger partial charge in [0.1, 0.15) is 5.56 Å². The van der Waals surface area contributed by atoms with Crippen LogP contribution in [-0.2, 0) is 7.05 Å². The van der Waals surface area contributed by atoms with Crippen LogP contribution >= 0.6 is 11.6 Å². The third-order valence-electron chi connectivity index (χ3n) is 4.59. The van der Waals surface area contributed by atoms with Crippen LogP contribution in [0.2, 0.25) is 5.15 Å². The number of hydrogen-bond acceptors (Lipinski definition) is 4. The Morgan fingerprint density at radius 1 is 0.933 bits per heavy atom. The Morgan fingerprint density at radius 2 is 1.57 bits per heavy atom. The first kappa shape index (κ1) is 19.5. The van der Waals surface area contributed by atoms with Gasteiger partial charge in [-0.15, -0.1) is 0 Å². The van der Waals surface area contributed by atoms with E-state index >= 15 is 0 Å². The Bertz CT molecular complexity index is 1270. The lowest BCUT2D eigenvalue weighted by Gasteiger charge is -2.16. The Hall–Kier alpha value is -3.77. The fraction of sp³-hybridized carbons (Fsp3) is 0.0435. The summed E-state index contributed by atoms with van der Waals surface area (Å²) in [7, 11) is 1.53. The fourth-order valence-corrected chi connectivity index (χ4v) is 3.36. The monoisotopic (exact) mass is 416 g/mol. The van der Waals surface area contributed by atoms with Gasteiger partial charge in [-0.25, -0.2) is 9.67 Å². The van der Waals surface area contributed by atoms with Crippen molar-refractivity contribution in [1.29, 1.82) is 0 Å². The Balaban J connectivity index is 1.97. The minimum atomic E-state index is -0.580. The van der Waals surface area contributed by atoms with Crippen molar-refractivity contribution in [2.75, 3.05) is 5.32 Å². The molecule has 0 atom stereocenters. The number of halogens is 1. The molecule has 0 spiro atoms. The molecule has 2 heterocycles. The number of carbonyl (C=O) groups is 1. The smallest absolute Gasteiger partial charge is 0.280 e. The van der Waals surface area contributed by atoms with E-state index in [1.807, 2.05) is 60.7 Å². The second-order valence-electron chi connectivity index (χ2n) is 6.56. The van der Waals surface area contributed by atoms with E-state index in [2.05, 4.69) is 15.4 Å². The van der Waals surface area contributed by atoms with Crippen molar-refractivity contribution in [3.8, 4) is 22.4 Å². The van der Waals surface area contributed by atoms with E-state index in [9.17, 15) is 9.59 Å². The van der Waals surface area contributed by atoms with Crippen LogP contribution < -0.4 is 10.9 Å². The minimum absolute atomic E-state index is 0.0162. The molecule has 1 N–H and O–H groups in total. The molecule has 6 nitrogen and oxygen atoms in total. The summed E-state index contributed by atoms with van der Waals surface area (Å²) in [5.41, 5.74) is 2.30. The molecular formula is C23H17ClN4O2. The average Bonchev–Trinajstić information content (AvgIpc) is 2.78. The SMILES string of the molecule is Cn1nc(-c2ccccc2)c(-c2ccccc2)c(C(=O)Nc2cccnc2Cl)c1=O. The predicted molar refractivity (Wildman–Crippen MR) is 118 cm³/mol. The molecule has 0 aliphatic carbocycles. The maximum Gasteiger partial charge on any atom is 0.280 e. The second-order valence-corrected chi connectivity index (χ2v) is 6.91. The number of benzene rings is 2. The molecule has 2 aromatic carbocycles. The summed E-state index contributed by atoms with van der Waals surface area (Å²) in [6.45, 7) is 0. The summed E-state index contributed by atoms with van der Waals surface area (Å²) in [6, 6.07) is 22.0. The van der Waals surface area contributed by atoms with Crippen molar-refractivity contribution >= 4 is 23.2 Å². The number of pyridine rings is 1. The van der Waals surface area contributed by atoms with Gasteiger partial charge in [0.05, 0.1) is 11.4 Å². The number of hydrogen-bond donors (Lipinski definition) is 1. The highest BCUT2D eigenvalue weighted by molar-refractivity contribution is 6.32. The van der Waals surface area contributed by atoms with Crippen molar-refractivity contribution in [3.63, 3.8) is 0 Å². The van der Waals surface area contributed by atoms with Crippen molar-refractivity contribution in [2.45, 2.75) is 0 Å². The molecule has 0 unspecified atom stereocenters. The number of nitrogens with zero attached hydrogens (tertiary/aromatic N) is 3. The van der Waals surface area contributed by atoms with Gasteiger partial charge in [-0.3, -0.25) is 9.59 Å². The van der Waals surface area contributed by atoms with E-state index in [-0.39, 0.29) is 10.7 Å². The molecule has 148 valence electrons. The van der Waals surface area contributed by atoms with E-state index in [1.165, 1.54) is 17.9 Å². The van der Waals surface area contributed by atoms with E-state index in [4.69, 9.17) is 11.6 Å². The van der Waals surface area contributed by atoms with E-state index in [0.29, 0.717) is 22.5 Å². The van der Waals surface area contributed by atoms with E-state index < -0.39 is 11.5 Å². The number of anilines is 1. The fourth-order valence-electron chi connectivity index (χ4n) is 3.19. The number of amides is 1. The maximum atomic E-state index is 13.3. The van der Waals surface area contributed by atoms with Crippen LogP contribution in [0.3, 0.4) is 0 Å². The summed E-state index contributed by atoms with van der Waals surface area (Å²) in [5.74, 6) is -0.580. The molecule has 0 aliphatic rings. The normalized spacial score (nSPS) is 10.6. The quantitative estimate of drug-likeness (QED) is 0.500. The molecule has 30 heavy (non-hydrogen) atoms. The van der Waals surface area contributed by atoms with Gasteiger partial charge in [0.15, 0.2) is 5.15 Å². The minimum Gasteiger partial charge on any atom is -0.319 e. The summed E-state index contributed by atoms with van der Waals surface area (Å²) >= 11 is 6.09. The zero-order valence-electron chi connectivity index (χ0n) is 16.0. The van der Waals surface area contributed by atoms with Gasteiger partial charge in [-0.2, -0.15) is 5.10 Å². The van der Waals surface area contributed by atoms with Crippen molar-refractivity contribution in [1.82, 2.24) is 14.8 Å². The van der Waals surface area contributed by atoms with Gasteiger partial charge in [-0.1, -0.05) is 72.3 Å². The molecule has 7 heteroatoms. The van der Waals surface area contributed by atoms with Gasteiger partial charge >= 0.3 is 0 Å². The zero-order chi connectivity index (χ0) is 21.1. The first-order valence-electron chi connectivity index (χ1n) is 9.20. The number of aromatic nitrogens is 3. The first-order valence-corrected chi connectivity index (χ1v) is 9.58. The number of rotatable bonds is 4.